The average Bonchev–Trinajstić information content (AvgIpc) is 1.83. The Kier molecular flexibility index (Phi) is 4.08. The molecule has 67 valence electrons. The molecule has 0 fully saturated rings. The summed E-state index contributed by atoms with van der Waals surface area (Å²) in [5.74, 6) is 0.463. The summed E-state index contributed by atoms with van der Waals surface area (Å²) in [6.45, 7) is 9.24. The van der Waals surface area contributed by atoms with E-state index >= 15 is 0 Å². The van der Waals surface area contributed by atoms with E-state index in [1.165, 1.54) is 0 Å². The van der Waals surface area contributed by atoms with E-state index < -0.39 is 15.1 Å². The molecule has 1 radical (unpaired) electrons. The number of sulfone groups is 1. The smallest absolute Gasteiger partial charge is 0.153 e. The predicted octanol–water partition coefficient (Wildman–Crippen LogP) is 1.67. The molecule has 0 spiro atoms. The fourth-order valence-electron chi connectivity index (χ4n) is 0.855. The largest absolute Gasteiger partial charge is 0.229 e. The fraction of sp³-hybridized carbons (Fsp3) is 0.875. The maximum Gasteiger partial charge on any atom is 0.153 e. The standard InChI is InChI=1S/C8H17O2S/c1-5-8(4)11(9,10)6-7(2)3/h7-8H,4-6H2,1-3H3. The molecule has 3 heteroatoms. The molecule has 1 unspecified atom stereocenters. The summed E-state index contributed by atoms with van der Waals surface area (Å²) in [5, 5.41) is -0.426. The third-order valence-corrected chi connectivity index (χ3v) is 4.01. The highest BCUT2D eigenvalue weighted by Gasteiger charge is 2.19. The van der Waals surface area contributed by atoms with Crippen LogP contribution in [0.4, 0.5) is 0 Å². The van der Waals surface area contributed by atoms with Crippen molar-refractivity contribution < 1.29 is 8.42 Å². The lowest BCUT2D eigenvalue weighted by atomic mass is 10.3. The Balaban J connectivity index is 4.23. The van der Waals surface area contributed by atoms with Crippen LogP contribution < -0.4 is 0 Å². The van der Waals surface area contributed by atoms with Crippen molar-refractivity contribution in [2.24, 2.45) is 5.92 Å². The van der Waals surface area contributed by atoms with Gasteiger partial charge in [-0.05, 0) is 19.3 Å². The molecule has 0 N–H and O–H groups in total. The first kappa shape index (κ1) is 11.0. The fourth-order valence-corrected chi connectivity index (χ4v) is 2.56. The molecular formula is C8H17O2S. The van der Waals surface area contributed by atoms with Crippen molar-refractivity contribution in [1.29, 1.82) is 0 Å². The highest BCUT2D eigenvalue weighted by Crippen LogP contribution is 2.09. The maximum absolute atomic E-state index is 11.3. The van der Waals surface area contributed by atoms with Crippen LogP contribution in [-0.2, 0) is 9.84 Å². The summed E-state index contributed by atoms with van der Waals surface area (Å²) < 4.78 is 22.6. The van der Waals surface area contributed by atoms with Gasteiger partial charge in [0.15, 0.2) is 9.84 Å². The minimum atomic E-state index is -2.92. The molecule has 0 aromatic rings. The lowest BCUT2D eigenvalue weighted by Crippen LogP contribution is -2.23. The van der Waals surface area contributed by atoms with Crippen LogP contribution in [0.25, 0.3) is 0 Å². The van der Waals surface area contributed by atoms with Gasteiger partial charge in [0.2, 0.25) is 0 Å². The van der Waals surface area contributed by atoms with E-state index in [1.54, 1.807) is 0 Å². The molecular weight excluding hydrogens is 160 g/mol. The van der Waals surface area contributed by atoms with E-state index in [0.29, 0.717) is 6.42 Å². The second-order valence-corrected chi connectivity index (χ2v) is 5.58. The van der Waals surface area contributed by atoms with Crippen LogP contribution in [-0.4, -0.2) is 19.4 Å². The van der Waals surface area contributed by atoms with Gasteiger partial charge in [0.05, 0.1) is 11.0 Å². The van der Waals surface area contributed by atoms with Crippen molar-refractivity contribution in [3.63, 3.8) is 0 Å². The van der Waals surface area contributed by atoms with Gasteiger partial charge in [0, 0.05) is 0 Å². The van der Waals surface area contributed by atoms with Gasteiger partial charge in [0.25, 0.3) is 0 Å². The predicted molar refractivity (Wildman–Crippen MR) is 48.1 cm³/mol. The molecule has 0 aliphatic heterocycles. The zero-order chi connectivity index (χ0) is 9.07. The Morgan fingerprint density at radius 3 is 2.09 bits per heavy atom. The topological polar surface area (TPSA) is 34.1 Å². The van der Waals surface area contributed by atoms with Crippen LogP contribution >= 0.6 is 0 Å². The highest BCUT2D eigenvalue weighted by atomic mass is 32.2. The van der Waals surface area contributed by atoms with Crippen molar-refractivity contribution in [2.75, 3.05) is 5.75 Å². The summed E-state index contributed by atoms with van der Waals surface area (Å²) in [7, 11) is -2.92. The molecule has 0 bridgehead atoms. The monoisotopic (exact) mass is 177 g/mol. The van der Waals surface area contributed by atoms with Crippen LogP contribution in [0.5, 0.6) is 0 Å². The van der Waals surface area contributed by atoms with Gasteiger partial charge in [-0.3, -0.25) is 0 Å². The summed E-state index contributed by atoms with van der Waals surface area (Å²) in [5.41, 5.74) is 0. The second-order valence-electron chi connectivity index (χ2n) is 3.25. The van der Waals surface area contributed by atoms with E-state index in [9.17, 15) is 8.42 Å². The van der Waals surface area contributed by atoms with E-state index in [-0.39, 0.29) is 11.7 Å². The molecule has 0 amide bonds. The quantitative estimate of drug-likeness (QED) is 0.654. The Hall–Kier alpha value is -0.0500. The van der Waals surface area contributed by atoms with Crippen molar-refractivity contribution in [3.05, 3.63) is 6.92 Å². The van der Waals surface area contributed by atoms with Crippen molar-refractivity contribution >= 4 is 9.84 Å². The van der Waals surface area contributed by atoms with E-state index in [2.05, 4.69) is 6.92 Å². The van der Waals surface area contributed by atoms with Crippen LogP contribution in [0.3, 0.4) is 0 Å². The van der Waals surface area contributed by atoms with Crippen LogP contribution in [0.2, 0.25) is 0 Å². The van der Waals surface area contributed by atoms with Crippen molar-refractivity contribution in [3.8, 4) is 0 Å². The van der Waals surface area contributed by atoms with Gasteiger partial charge in [-0.1, -0.05) is 20.8 Å². The molecule has 11 heavy (non-hydrogen) atoms. The highest BCUT2D eigenvalue weighted by molar-refractivity contribution is 7.92. The summed E-state index contributed by atoms with van der Waals surface area (Å²) in [6.07, 6.45) is 0.606. The molecule has 0 saturated carbocycles. The lowest BCUT2D eigenvalue weighted by Gasteiger charge is -2.11. The van der Waals surface area contributed by atoms with Crippen molar-refractivity contribution in [2.45, 2.75) is 32.4 Å². The Bertz CT molecular complexity index is 192. The number of rotatable bonds is 4. The van der Waals surface area contributed by atoms with E-state index in [4.69, 9.17) is 0 Å². The van der Waals surface area contributed by atoms with Gasteiger partial charge in [-0.2, -0.15) is 0 Å². The minimum Gasteiger partial charge on any atom is -0.229 e. The number of hydrogen-bond acceptors (Lipinski definition) is 2. The van der Waals surface area contributed by atoms with Gasteiger partial charge < -0.3 is 0 Å². The second kappa shape index (κ2) is 4.10. The first-order valence-electron chi connectivity index (χ1n) is 3.94. The van der Waals surface area contributed by atoms with Crippen LogP contribution in [0.1, 0.15) is 27.2 Å². The molecule has 0 aromatic heterocycles. The molecule has 0 rings (SSSR count). The molecule has 0 heterocycles. The van der Waals surface area contributed by atoms with Gasteiger partial charge in [-0.15, -0.1) is 0 Å². The summed E-state index contributed by atoms with van der Waals surface area (Å²) in [4.78, 5) is 0. The first-order chi connectivity index (χ1) is 4.90. The summed E-state index contributed by atoms with van der Waals surface area (Å²) in [6, 6.07) is 0. The number of hydrogen-bond donors (Lipinski definition) is 0. The average molecular weight is 177 g/mol. The van der Waals surface area contributed by atoms with Crippen LogP contribution in [0, 0.1) is 12.8 Å². The van der Waals surface area contributed by atoms with Crippen molar-refractivity contribution in [1.82, 2.24) is 0 Å². The third-order valence-electron chi connectivity index (χ3n) is 1.53. The summed E-state index contributed by atoms with van der Waals surface area (Å²) >= 11 is 0. The van der Waals surface area contributed by atoms with Gasteiger partial charge in [0.1, 0.15) is 0 Å². The maximum atomic E-state index is 11.3. The molecule has 2 nitrogen and oxygen atoms in total. The Morgan fingerprint density at radius 1 is 1.36 bits per heavy atom. The zero-order valence-electron chi connectivity index (χ0n) is 7.50. The normalized spacial score (nSPS) is 15.4. The molecule has 0 aromatic carbocycles. The molecule has 0 aliphatic rings. The first-order valence-corrected chi connectivity index (χ1v) is 5.66. The Morgan fingerprint density at radius 2 is 1.82 bits per heavy atom. The minimum absolute atomic E-state index is 0.204. The molecule has 0 aliphatic carbocycles. The van der Waals surface area contributed by atoms with E-state index in [0.717, 1.165) is 0 Å². The van der Waals surface area contributed by atoms with Crippen LogP contribution in [0.15, 0.2) is 0 Å². The van der Waals surface area contributed by atoms with Gasteiger partial charge in [-0.25, -0.2) is 8.42 Å². The SMILES string of the molecule is [CH2]C(CC)S(=O)(=O)CC(C)C. The zero-order valence-corrected chi connectivity index (χ0v) is 8.32. The molecule has 1 atom stereocenters. The lowest BCUT2D eigenvalue weighted by molar-refractivity contribution is 0.572. The molecule has 0 saturated heterocycles. The Labute approximate surface area is 69.9 Å². The third kappa shape index (κ3) is 3.75. The van der Waals surface area contributed by atoms with Gasteiger partial charge >= 0.3 is 0 Å². The van der Waals surface area contributed by atoms with E-state index in [1.807, 2.05) is 20.8 Å².